The Bertz CT molecular complexity index is 352. The van der Waals surface area contributed by atoms with E-state index in [0.29, 0.717) is 0 Å². The molecule has 0 heterocycles. The molecule has 5 atom stereocenters. The van der Waals surface area contributed by atoms with Gasteiger partial charge in [0.2, 0.25) is 0 Å². The van der Waals surface area contributed by atoms with Crippen LogP contribution in [0.2, 0.25) is 0 Å². The maximum atomic E-state index is 4.82. The maximum absolute atomic E-state index is 4.82. The molecule has 5 unspecified atom stereocenters. The van der Waals surface area contributed by atoms with E-state index in [0.717, 1.165) is 35.2 Å². The first-order valence-electron chi connectivity index (χ1n) is 12.4. The lowest BCUT2D eigenvalue weighted by Crippen LogP contribution is -2.36. The third-order valence-electron chi connectivity index (χ3n) is 5.43. The second-order valence-corrected chi connectivity index (χ2v) is 8.24. The van der Waals surface area contributed by atoms with Crippen molar-refractivity contribution in [3.8, 4) is 12.3 Å². The number of allylic oxidation sites excluding steroid dienone is 1. The van der Waals surface area contributed by atoms with Crippen LogP contribution in [-0.4, -0.2) is 0 Å². The maximum Gasteiger partial charge on any atom is -0.00853 e. The van der Waals surface area contributed by atoms with Crippen LogP contribution in [0.15, 0.2) is 25.3 Å². The highest BCUT2D eigenvalue weighted by atomic mass is 14.4. The first kappa shape index (κ1) is 35.5. The third kappa shape index (κ3) is 23.2. The van der Waals surface area contributed by atoms with E-state index in [2.05, 4.69) is 74.1 Å². The lowest BCUT2D eigenvalue weighted by molar-refractivity contribution is 0.0561. The van der Waals surface area contributed by atoms with Gasteiger partial charge in [0, 0.05) is 0 Å². The summed E-state index contributed by atoms with van der Waals surface area (Å²) in [6.07, 6.45) is 16.3. The van der Waals surface area contributed by atoms with E-state index >= 15 is 0 Å². The quantitative estimate of drug-likeness (QED) is 0.323. The zero-order valence-corrected chi connectivity index (χ0v) is 22.2. The summed E-state index contributed by atoms with van der Waals surface area (Å²) >= 11 is 0. The summed E-state index contributed by atoms with van der Waals surface area (Å²) in [4.78, 5) is 0. The predicted octanol–water partition coefficient (Wildman–Crippen LogP) is 10.4. The average molecular weight is 407 g/mol. The Morgan fingerprint density at radius 3 is 1.55 bits per heavy atom. The highest BCUT2D eigenvalue weighted by Gasteiger charge is 2.36. The Morgan fingerprint density at radius 2 is 1.31 bits per heavy atom. The van der Waals surface area contributed by atoms with E-state index < -0.39 is 0 Å². The highest BCUT2D eigenvalue weighted by molar-refractivity contribution is 5.17. The fourth-order valence-corrected chi connectivity index (χ4v) is 3.51. The van der Waals surface area contributed by atoms with E-state index in [1.54, 1.807) is 6.92 Å². The van der Waals surface area contributed by atoms with Crippen LogP contribution in [0.5, 0.6) is 0 Å². The Hall–Kier alpha value is -0.960. The minimum atomic E-state index is 0.782. The summed E-state index contributed by atoms with van der Waals surface area (Å²) in [7, 11) is 0. The Morgan fingerprint density at radius 1 is 0.931 bits per heavy atom. The van der Waals surface area contributed by atoms with Gasteiger partial charge in [-0.15, -0.1) is 19.6 Å². The van der Waals surface area contributed by atoms with Crippen LogP contribution >= 0.6 is 0 Å². The molecule has 2 fully saturated rings. The van der Waals surface area contributed by atoms with Gasteiger partial charge >= 0.3 is 0 Å². The van der Waals surface area contributed by atoms with E-state index in [1.807, 2.05) is 13.8 Å². The van der Waals surface area contributed by atoms with Crippen LogP contribution in [0.1, 0.15) is 121 Å². The molecule has 2 aliphatic carbocycles. The van der Waals surface area contributed by atoms with Gasteiger partial charge in [-0.3, -0.25) is 0 Å². The minimum Gasteiger partial charge on any atom is -0.115 e. The molecule has 0 aliphatic heterocycles. The number of terminal acetylenes is 1. The topological polar surface area (TPSA) is 0 Å². The van der Waals surface area contributed by atoms with Crippen molar-refractivity contribution in [2.45, 2.75) is 121 Å². The van der Waals surface area contributed by atoms with E-state index in [-0.39, 0.29) is 0 Å². The summed E-state index contributed by atoms with van der Waals surface area (Å²) in [5, 5.41) is 0. The van der Waals surface area contributed by atoms with Crippen molar-refractivity contribution in [3.05, 3.63) is 25.3 Å². The van der Waals surface area contributed by atoms with Crippen molar-refractivity contribution in [3.63, 3.8) is 0 Å². The second-order valence-electron chi connectivity index (χ2n) is 8.24. The molecule has 0 heteroatoms. The molecular formula is C29H58. The molecule has 0 saturated heterocycles. The van der Waals surface area contributed by atoms with Gasteiger partial charge in [-0.25, -0.2) is 0 Å². The lowest BCUT2D eigenvalue weighted by Gasteiger charge is -2.44. The van der Waals surface area contributed by atoms with Crippen molar-refractivity contribution in [1.29, 1.82) is 0 Å². The predicted molar refractivity (Wildman–Crippen MR) is 140 cm³/mol. The standard InChI is InChI=1S/C14H28.C5H6.C3H6.C3H8.C2H6.C2H4/c1-6-8-14-12(5)11(4)10(3)9-13(14)7-2;1-4-5(2)3;1-2-3-1;1-3-2;2*1-2/h10-14H,6-9H2,1-5H3;1H,2H2,3H3;1-3H2;3H2,1-2H3;1-2H3;1-2H2. The van der Waals surface area contributed by atoms with Gasteiger partial charge in [0.15, 0.2) is 0 Å². The minimum absolute atomic E-state index is 0.782. The fourth-order valence-electron chi connectivity index (χ4n) is 3.51. The zero-order chi connectivity index (χ0) is 23.8. The molecule has 0 aromatic rings. The van der Waals surface area contributed by atoms with Crippen LogP contribution in [-0.2, 0) is 0 Å². The van der Waals surface area contributed by atoms with Gasteiger partial charge in [-0.05, 0) is 48.5 Å². The monoisotopic (exact) mass is 406 g/mol. The van der Waals surface area contributed by atoms with Crippen molar-refractivity contribution < 1.29 is 0 Å². The van der Waals surface area contributed by atoms with Crippen molar-refractivity contribution in [1.82, 2.24) is 0 Å². The molecule has 0 aromatic carbocycles. The lowest BCUT2D eigenvalue weighted by atomic mass is 9.62. The molecule has 2 saturated carbocycles. The normalized spacial score (nSPS) is 25.6. The molecule has 0 bridgehead atoms. The van der Waals surface area contributed by atoms with Crippen LogP contribution in [0.3, 0.4) is 0 Å². The Balaban J connectivity index is -0.000000171. The first-order valence-corrected chi connectivity index (χ1v) is 12.4. The molecule has 2 rings (SSSR count). The molecule has 2 aliphatic rings. The number of rotatable bonds is 3. The fraction of sp³-hybridized carbons (Fsp3) is 0.793. The van der Waals surface area contributed by atoms with Crippen LogP contribution in [0.25, 0.3) is 0 Å². The Labute approximate surface area is 188 Å². The molecule has 0 nitrogen and oxygen atoms in total. The molecule has 29 heavy (non-hydrogen) atoms. The van der Waals surface area contributed by atoms with Crippen LogP contribution in [0.4, 0.5) is 0 Å². The summed E-state index contributed by atoms with van der Waals surface area (Å²) in [6, 6.07) is 0. The number of hydrogen-bond donors (Lipinski definition) is 0. The van der Waals surface area contributed by atoms with E-state index in [9.17, 15) is 0 Å². The zero-order valence-electron chi connectivity index (χ0n) is 22.2. The molecular weight excluding hydrogens is 348 g/mol. The molecule has 0 amide bonds. The van der Waals surface area contributed by atoms with Gasteiger partial charge in [-0.2, -0.15) is 0 Å². The van der Waals surface area contributed by atoms with Crippen LogP contribution < -0.4 is 0 Å². The molecule has 174 valence electrons. The Kier molecular flexibility index (Phi) is 33.1. The third-order valence-corrected chi connectivity index (χ3v) is 5.43. The van der Waals surface area contributed by atoms with Gasteiger partial charge in [-0.1, -0.05) is 120 Å². The van der Waals surface area contributed by atoms with E-state index in [4.69, 9.17) is 6.42 Å². The molecule has 0 spiro atoms. The molecule has 0 radical (unpaired) electrons. The van der Waals surface area contributed by atoms with Gasteiger partial charge < -0.3 is 0 Å². The van der Waals surface area contributed by atoms with Crippen molar-refractivity contribution in [2.75, 3.05) is 0 Å². The molecule has 0 N–H and O–H groups in total. The van der Waals surface area contributed by atoms with E-state index in [1.165, 1.54) is 51.4 Å². The largest absolute Gasteiger partial charge is 0.115 e. The van der Waals surface area contributed by atoms with Crippen molar-refractivity contribution >= 4 is 0 Å². The van der Waals surface area contributed by atoms with Gasteiger partial charge in [0.1, 0.15) is 0 Å². The summed E-state index contributed by atoms with van der Waals surface area (Å²) < 4.78 is 0. The van der Waals surface area contributed by atoms with Crippen molar-refractivity contribution in [2.24, 2.45) is 29.6 Å². The van der Waals surface area contributed by atoms with Gasteiger partial charge in [0.25, 0.3) is 0 Å². The first-order chi connectivity index (χ1) is 13.8. The summed E-state index contributed by atoms with van der Waals surface area (Å²) in [6.45, 7) is 31.6. The number of hydrogen-bond acceptors (Lipinski definition) is 0. The summed E-state index contributed by atoms with van der Waals surface area (Å²) in [5.41, 5.74) is 0.782. The SMILES string of the molecule is C#CC(=C)C.C1CC1.C=C.CC.CCC.CCCC1C(CC)CC(C)C(C)C1C. The van der Waals surface area contributed by atoms with Gasteiger partial charge in [0.05, 0.1) is 0 Å². The summed E-state index contributed by atoms with van der Waals surface area (Å²) in [5.74, 6) is 7.19. The highest BCUT2D eigenvalue weighted by Crippen LogP contribution is 2.45. The van der Waals surface area contributed by atoms with Crippen LogP contribution in [0, 0.1) is 41.9 Å². The molecule has 0 aromatic heterocycles. The average Bonchev–Trinajstić information content (AvgIpc) is 3.62. The second kappa shape index (κ2) is 27.0. The smallest absolute Gasteiger partial charge is 0.00853 e.